The topological polar surface area (TPSA) is 81.7 Å². The Hall–Kier alpha value is -2.42. The zero-order valence-corrected chi connectivity index (χ0v) is 20.1. The lowest BCUT2D eigenvalue weighted by Crippen LogP contribution is -2.23. The van der Waals surface area contributed by atoms with Gasteiger partial charge in [-0.1, -0.05) is 29.8 Å². The van der Waals surface area contributed by atoms with Gasteiger partial charge in [-0.25, -0.2) is 9.59 Å². The summed E-state index contributed by atoms with van der Waals surface area (Å²) in [5, 5.41) is 4.09. The van der Waals surface area contributed by atoms with E-state index in [2.05, 4.69) is 5.32 Å². The lowest BCUT2D eigenvalue weighted by molar-refractivity contribution is 0.00744. The smallest absolute Gasteiger partial charge is 0.349 e. The predicted octanol–water partition coefficient (Wildman–Crippen LogP) is 6.31. The van der Waals surface area contributed by atoms with Gasteiger partial charge < -0.3 is 14.8 Å². The molecule has 0 aliphatic rings. The average Bonchev–Trinajstić information content (AvgIpc) is 3.18. The van der Waals surface area contributed by atoms with Crippen molar-refractivity contribution < 1.29 is 23.9 Å². The Balaban J connectivity index is 2.01. The number of hydrogen-bond donors (Lipinski definition) is 1. The molecule has 9 heteroatoms. The third-order valence-corrected chi connectivity index (χ3v) is 7.04. The molecule has 0 saturated carbocycles. The molecule has 0 saturated heterocycles. The van der Waals surface area contributed by atoms with Gasteiger partial charge in [-0.05, 0) is 46.2 Å². The molecule has 0 atom stereocenters. The van der Waals surface area contributed by atoms with Crippen molar-refractivity contribution in [3.05, 3.63) is 50.2 Å². The maximum atomic E-state index is 13.0. The molecule has 3 aromatic rings. The Bertz CT molecular complexity index is 1170. The first kappa shape index (κ1) is 23.2. The third-order valence-electron chi connectivity index (χ3n) is 4.18. The van der Waals surface area contributed by atoms with Crippen LogP contribution in [0.3, 0.4) is 0 Å². The predicted molar refractivity (Wildman–Crippen MR) is 125 cm³/mol. The van der Waals surface area contributed by atoms with Gasteiger partial charge in [0, 0.05) is 10.1 Å². The number of ether oxygens (including phenoxy) is 2. The number of hydrogen-bond acceptors (Lipinski definition) is 7. The van der Waals surface area contributed by atoms with Crippen LogP contribution in [0.5, 0.6) is 0 Å². The Morgan fingerprint density at radius 1 is 1.06 bits per heavy atom. The van der Waals surface area contributed by atoms with Gasteiger partial charge in [0.25, 0.3) is 5.91 Å². The molecule has 0 aliphatic heterocycles. The van der Waals surface area contributed by atoms with Crippen LogP contribution in [-0.4, -0.2) is 30.1 Å². The van der Waals surface area contributed by atoms with Gasteiger partial charge in [-0.3, -0.25) is 4.79 Å². The summed E-state index contributed by atoms with van der Waals surface area (Å²) in [7, 11) is 0. The van der Waals surface area contributed by atoms with Crippen molar-refractivity contribution in [2.75, 3.05) is 11.9 Å². The molecule has 3 rings (SSSR count). The van der Waals surface area contributed by atoms with E-state index in [1.54, 1.807) is 34.6 Å². The summed E-state index contributed by atoms with van der Waals surface area (Å²) in [6.07, 6.45) is 0. The number of benzene rings is 1. The number of rotatable bonds is 5. The van der Waals surface area contributed by atoms with Crippen molar-refractivity contribution in [3.63, 3.8) is 0 Å². The minimum atomic E-state index is -0.703. The number of amides is 1. The molecule has 0 fully saturated rings. The van der Waals surface area contributed by atoms with Crippen molar-refractivity contribution in [2.24, 2.45) is 0 Å². The number of carbonyl (C=O) groups is 3. The van der Waals surface area contributed by atoms with Crippen molar-refractivity contribution in [1.82, 2.24) is 0 Å². The van der Waals surface area contributed by atoms with Crippen LogP contribution in [0.15, 0.2) is 24.3 Å². The van der Waals surface area contributed by atoms with Crippen molar-refractivity contribution >= 4 is 67.2 Å². The van der Waals surface area contributed by atoms with Crippen molar-refractivity contribution in [3.8, 4) is 0 Å². The molecule has 2 aromatic heterocycles. The van der Waals surface area contributed by atoms with E-state index in [4.69, 9.17) is 21.1 Å². The number of halogens is 1. The number of carbonyl (C=O) groups excluding carboxylic acids is 3. The van der Waals surface area contributed by atoms with E-state index < -0.39 is 23.4 Å². The molecule has 0 radical (unpaired) electrons. The Labute approximate surface area is 193 Å². The van der Waals surface area contributed by atoms with Gasteiger partial charge >= 0.3 is 11.9 Å². The van der Waals surface area contributed by atoms with Crippen LogP contribution in [0.25, 0.3) is 10.1 Å². The van der Waals surface area contributed by atoms with Gasteiger partial charge in [-0.2, -0.15) is 0 Å². The highest BCUT2D eigenvalue weighted by Crippen LogP contribution is 2.38. The standard InChI is InChI=1S/C22H22ClNO5S2/c1-6-28-20(26)14-11(2)16(21(27)29-22(3,4)5)31-19(14)24-18(25)17-15(23)12-9-7-8-10-13(12)30-17/h7-10H,6H2,1-5H3,(H,24,25). The van der Waals surface area contributed by atoms with Crippen LogP contribution >= 0.6 is 34.3 Å². The second kappa shape index (κ2) is 8.98. The average molecular weight is 480 g/mol. The largest absolute Gasteiger partial charge is 0.462 e. The first-order valence-electron chi connectivity index (χ1n) is 9.55. The van der Waals surface area contributed by atoms with Crippen LogP contribution in [-0.2, 0) is 9.47 Å². The highest BCUT2D eigenvalue weighted by atomic mass is 35.5. The van der Waals surface area contributed by atoms with Crippen molar-refractivity contribution in [2.45, 2.75) is 40.2 Å². The van der Waals surface area contributed by atoms with Gasteiger partial charge in [0.05, 0.1) is 17.2 Å². The molecule has 2 heterocycles. The van der Waals surface area contributed by atoms with Crippen LogP contribution in [0.1, 0.15) is 63.0 Å². The molecule has 164 valence electrons. The molecule has 0 bridgehead atoms. The quantitative estimate of drug-likeness (QED) is 0.433. The van der Waals surface area contributed by atoms with E-state index in [1.807, 2.05) is 24.3 Å². The van der Waals surface area contributed by atoms with Gasteiger partial charge in [0.2, 0.25) is 0 Å². The number of anilines is 1. The van der Waals surface area contributed by atoms with E-state index in [-0.39, 0.29) is 22.0 Å². The summed E-state index contributed by atoms with van der Waals surface area (Å²) in [6.45, 7) is 8.74. The zero-order valence-electron chi connectivity index (χ0n) is 17.8. The monoisotopic (exact) mass is 479 g/mol. The minimum Gasteiger partial charge on any atom is -0.462 e. The fourth-order valence-corrected chi connectivity index (χ4v) is 5.37. The minimum absolute atomic E-state index is 0.137. The third kappa shape index (κ3) is 4.92. The number of esters is 2. The van der Waals surface area contributed by atoms with Crippen molar-refractivity contribution in [1.29, 1.82) is 0 Å². The Morgan fingerprint density at radius 2 is 1.74 bits per heavy atom. The lowest BCUT2D eigenvalue weighted by atomic mass is 10.1. The molecule has 1 amide bonds. The van der Waals surface area contributed by atoms with E-state index in [0.717, 1.165) is 21.4 Å². The molecule has 6 nitrogen and oxygen atoms in total. The van der Waals surface area contributed by atoms with E-state index >= 15 is 0 Å². The van der Waals surface area contributed by atoms with E-state index in [9.17, 15) is 14.4 Å². The van der Waals surface area contributed by atoms with Crippen LogP contribution in [0, 0.1) is 6.92 Å². The molecule has 0 spiro atoms. The second-order valence-corrected chi connectivity index (χ2v) is 10.1. The highest BCUT2D eigenvalue weighted by Gasteiger charge is 2.30. The molecule has 31 heavy (non-hydrogen) atoms. The molecular formula is C22H22ClNO5S2. The van der Waals surface area contributed by atoms with Crippen LogP contribution < -0.4 is 5.32 Å². The van der Waals surface area contributed by atoms with E-state index in [1.165, 1.54) is 11.3 Å². The molecule has 0 unspecified atom stereocenters. The summed E-state index contributed by atoms with van der Waals surface area (Å²) in [5.74, 6) is -1.65. The number of fused-ring (bicyclic) bond motifs is 1. The highest BCUT2D eigenvalue weighted by molar-refractivity contribution is 7.22. The molecular weight excluding hydrogens is 458 g/mol. The SMILES string of the molecule is CCOC(=O)c1c(NC(=O)c2sc3ccccc3c2Cl)sc(C(=O)OC(C)(C)C)c1C. The van der Waals surface area contributed by atoms with Gasteiger partial charge in [-0.15, -0.1) is 22.7 Å². The molecule has 1 N–H and O–H groups in total. The summed E-state index contributed by atoms with van der Waals surface area (Å²) in [6, 6.07) is 7.43. The molecule has 0 aliphatic carbocycles. The molecule has 1 aromatic carbocycles. The summed E-state index contributed by atoms with van der Waals surface area (Å²) in [4.78, 5) is 38.8. The first-order valence-corrected chi connectivity index (χ1v) is 11.6. The summed E-state index contributed by atoms with van der Waals surface area (Å²) >= 11 is 8.65. The summed E-state index contributed by atoms with van der Waals surface area (Å²) < 4.78 is 11.5. The first-order chi connectivity index (χ1) is 14.5. The maximum absolute atomic E-state index is 13.0. The fraction of sp³-hybridized carbons (Fsp3) is 0.318. The Kier molecular flexibility index (Phi) is 6.73. The Morgan fingerprint density at radius 3 is 2.35 bits per heavy atom. The number of thiophene rings is 2. The normalized spacial score (nSPS) is 11.4. The van der Waals surface area contributed by atoms with Crippen LogP contribution in [0.2, 0.25) is 5.02 Å². The summed E-state index contributed by atoms with van der Waals surface area (Å²) in [5.41, 5.74) is -0.167. The number of nitrogens with one attached hydrogen (secondary N) is 1. The lowest BCUT2D eigenvalue weighted by Gasteiger charge is -2.19. The fourth-order valence-electron chi connectivity index (χ4n) is 2.89. The van der Waals surface area contributed by atoms with Gasteiger partial charge in [0.15, 0.2) is 0 Å². The van der Waals surface area contributed by atoms with E-state index in [0.29, 0.717) is 15.5 Å². The van der Waals surface area contributed by atoms with Gasteiger partial charge in [0.1, 0.15) is 20.4 Å². The second-order valence-electron chi connectivity index (χ2n) is 7.68. The zero-order chi connectivity index (χ0) is 22.9. The van der Waals surface area contributed by atoms with Crippen LogP contribution in [0.4, 0.5) is 5.00 Å². The maximum Gasteiger partial charge on any atom is 0.349 e.